The fourth-order valence-corrected chi connectivity index (χ4v) is 2.19. The van der Waals surface area contributed by atoms with E-state index in [0.29, 0.717) is 12.2 Å². The van der Waals surface area contributed by atoms with Gasteiger partial charge in [0.05, 0.1) is 18.6 Å². The summed E-state index contributed by atoms with van der Waals surface area (Å²) >= 11 is 0. The summed E-state index contributed by atoms with van der Waals surface area (Å²) in [5, 5.41) is 0. The number of esters is 1. The molecule has 1 heterocycles. The Morgan fingerprint density at radius 1 is 1.21 bits per heavy atom. The highest BCUT2D eigenvalue weighted by atomic mass is 19.1. The number of rotatable bonds is 7. The molecule has 0 fully saturated rings. The first-order chi connectivity index (χ1) is 11.6. The van der Waals surface area contributed by atoms with Gasteiger partial charge in [0, 0.05) is 25.5 Å². The lowest BCUT2D eigenvalue weighted by atomic mass is 10.1. The first kappa shape index (κ1) is 17.6. The smallest absolute Gasteiger partial charge is 0.307 e. The van der Waals surface area contributed by atoms with Crippen molar-refractivity contribution < 1.29 is 18.7 Å². The number of carbonyl (C=O) groups excluding carboxylic acids is 2. The lowest BCUT2D eigenvalue weighted by Gasteiger charge is -2.22. The van der Waals surface area contributed by atoms with Crippen LogP contribution in [0.25, 0.3) is 0 Å². The largest absolute Gasteiger partial charge is 0.466 e. The highest BCUT2D eigenvalue weighted by Gasteiger charge is 2.18. The Morgan fingerprint density at radius 2 is 1.96 bits per heavy atom. The third-order valence-electron chi connectivity index (χ3n) is 3.37. The van der Waals surface area contributed by atoms with Gasteiger partial charge in [-0.1, -0.05) is 12.1 Å². The van der Waals surface area contributed by atoms with Crippen molar-refractivity contribution in [3.8, 4) is 0 Å². The van der Waals surface area contributed by atoms with E-state index in [1.165, 1.54) is 23.2 Å². The van der Waals surface area contributed by atoms with Crippen LogP contribution in [0.5, 0.6) is 0 Å². The summed E-state index contributed by atoms with van der Waals surface area (Å²) < 4.78 is 17.9. The second-order valence-corrected chi connectivity index (χ2v) is 5.15. The van der Waals surface area contributed by atoms with Crippen LogP contribution in [-0.2, 0) is 16.1 Å². The molecule has 0 aliphatic heterocycles. The van der Waals surface area contributed by atoms with Crippen molar-refractivity contribution in [1.29, 1.82) is 0 Å². The molecule has 0 radical (unpaired) electrons. The molecule has 1 aromatic carbocycles. The molecule has 6 heteroatoms. The van der Waals surface area contributed by atoms with Crippen molar-refractivity contribution in [2.24, 2.45) is 0 Å². The molecule has 2 rings (SSSR count). The van der Waals surface area contributed by atoms with E-state index in [0.717, 1.165) is 5.56 Å². The third kappa shape index (κ3) is 5.15. The topological polar surface area (TPSA) is 59.5 Å². The Labute approximate surface area is 140 Å². The van der Waals surface area contributed by atoms with Gasteiger partial charge < -0.3 is 9.64 Å². The van der Waals surface area contributed by atoms with Crippen molar-refractivity contribution in [3.63, 3.8) is 0 Å². The summed E-state index contributed by atoms with van der Waals surface area (Å²) in [6.45, 7) is 2.51. The molecule has 126 valence electrons. The van der Waals surface area contributed by atoms with Crippen molar-refractivity contribution in [2.45, 2.75) is 19.9 Å². The van der Waals surface area contributed by atoms with E-state index in [4.69, 9.17) is 4.74 Å². The zero-order valence-electron chi connectivity index (χ0n) is 13.4. The van der Waals surface area contributed by atoms with Gasteiger partial charge in [0.15, 0.2) is 0 Å². The zero-order chi connectivity index (χ0) is 17.4. The molecular formula is C18H19FN2O3. The fraction of sp³-hybridized carbons (Fsp3) is 0.278. The molecule has 2 aromatic rings. The summed E-state index contributed by atoms with van der Waals surface area (Å²) in [6.07, 6.45) is 3.16. The second-order valence-electron chi connectivity index (χ2n) is 5.15. The number of hydrogen-bond acceptors (Lipinski definition) is 4. The van der Waals surface area contributed by atoms with Crippen molar-refractivity contribution in [2.75, 3.05) is 13.2 Å². The minimum Gasteiger partial charge on any atom is -0.466 e. The molecule has 24 heavy (non-hydrogen) atoms. The predicted molar refractivity (Wildman–Crippen MR) is 86.6 cm³/mol. The quantitative estimate of drug-likeness (QED) is 0.733. The van der Waals surface area contributed by atoms with E-state index in [1.807, 2.05) is 0 Å². The molecule has 1 aromatic heterocycles. The Kier molecular flexibility index (Phi) is 6.42. The van der Waals surface area contributed by atoms with Crippen LogP contribution < -0.4 is 0 Å². The van der Waals surface area contributed by atoms with Crippen molar-refractivity contribution in [3.05, 3.63) is 65.7 Å². The molecular weight excluding hydrogens is 311 g/mol. The minimum atomic E-state index is -0.361. The summed E-state index contributed by atoms with van der Waals surface area (Å²) in [5.74, 6) is -0.937. The van der Waals surface area contributed by atoms with Gasteiger partial charge in [-0.2, -0.15) is 0 Å². The van der Waals surface area contributed by atoms with Crippen molar-refractivity contribution >= 4 is 11.9 Å². The van der Waals surface area contributed by atoms with Crippen LogP contribution >= 0.6 is 0 Å². The maximum atomic E-state index is 13.0. The Hall–Kier alpha value is -2.76. The molecule has 0 saturated heterocycles. The van der Waals surface area contributed by atoms with E-state index in [9.17, 15) is 14.0 Å². The number of amides is 1. The van der Waals surface area contributed by atoms with Gasteiger partial charge >= 0.3 is 5.97 Å². The highest BCUT2D eigenvalue weighted by molar-refractivity contribution is 5.94. The summed E-state index contributed by atoms with van der Waals surface area (Å²) in [6, 6.07) is 9.25. The van der Waals surface area contributed by atoms with Crippen molar-refractivity contribution in [1.82, 2.24) is 9.88 Å². The molecule has 0 unspecified atom stereocenters. The van der Waals surface area contributed by atoms with E-state index in [2.05, 4.69) is 4.98 Å². The van der Waals surface area contributed by atoms with Gasteiger partial charge in [0.1, 0.15) is 5.82 Å². The average Bonchev–Trinajstić information content (AvgIpc) is 2.60. The number of carbonyl (C=O) groups is 2. The summed E-state index contributed by atoms with van der Waals surface area (Å²) in [5.41, 5.74) is 1.21. The lowest BCUT2D eigenvalue weighted by Crippen LogP contribution is -2.33. The molecule has 0 saturated carbocycles. The van der Waals surface area contributed by atoms with Gasteiger partial charge in [0.2, 0.25) is 0 Å². The predicted octanol–water partition coefficient (Wildman–Crippen LogP) is 2.82. The SMILES string of the molecule is CCOC(=O)CCN(Cc1ccc(F)cc1)C(=O)c1cccnc1. The number of hydrogen-bond donors (Lipinski definition) is 0. The molecule has 0 atom stereocenters. The minimum absolute atomic E-state index is 0.0983. The van der Waals surface area contributed by atoms with Crippen LogP contribution in [0, 0.1) is 5.82 Å². The van der Waals surface area contributed by atoms with Gasteiger partial charge in [0.25, 0.3) is 5.91 Å². The van der Waals surface area contributed by atoms with Crippen LogP contribution in [-0.4, -0.2) is 34.9 Å². The Balaban J connectivity index is 2.12. The first-order valence-corrected chi connectivity index (χ1v) is 7.69. The highest BCUT2D eigenvalue weighted by Crippen LogP contribution is 2.11. The second kappa shape index (κ2) is 8.76. The molecule has 0 spiro atoms. The molecule has 0 aliphatic carbocycles. The van der Waals surface area contributed by atoms with E-state index < -0.39 is 0 Å². The number of nitrogens with zero attached hydrogens (tertiary/aromatic N) is 2. The monoisotopic (exact) mass is 330 g/mol. The summed E-state index contributed by atoms with van der Waals surface area (Å²) in [4.78, 5) is 29.7. The van der Waals surface area contributed by atoms with Crippen LogP contribution in [0.15, 0.2) is 48.8 Å². The van der Waals surface area contributed by atoms with Crippen LogP contribution in [0.2, 0.25) is 0 Å². The number of pyridine rings is 1. The number of aromatic nitrogens is 1. The number of ether oxygens (including phenoxy) is 1. The molecule has 0 bridgehead atoms. The zero-order valence-corrected chi connectivity index (χ0v) is 13.4. The normalized spacial score (nSPS) is 10.2. The maximum absolute atomic E-state index is 13.0. The van der Waals surface area contributed by atoms with Gasteiger partial charge in [-0.05, 0) is 36.8 Å². The standard InChI is InChI=1S/C18H19FN2O3/c1-2-24-17(22)9-11-21(13-14-5-7-16(19)8-6-14)18(23)15-4-3-10-20-12-15/h3-8,10,12H,2,9,11,13H2,1H3. The number of benzene rings is 1. The van der Waals surface area contributed by atoms with Gasteiger partial charge in [-0.15, -0.1) is 0 Å². The first-order valence-electron chi connectivity index (χ1n) is 7.69. The Morgan fingerprint density at radius 3 is 2.58 bits per heavy atom. The average molecular weight is 330 g/mol. The maximum Gasteiger partial charge on any atom is 0.307 e. The molecule has 0 N–H and O–H groups in total. The fourth-order valence-electron chi connectivity index (χ4n) is 2.19. The molecule has 5 nitrogen and oxygen atoms in total. The Bertz CT molecular complexity index is 674. The van der Waals surface area contributed by atoms with E-state index in [-0.39, 0.29) is 37.2 Å². The van der Waals surface area contributed by atoms with Crippen LogP contribution in [0.1, 0.15) is 29.3 Å². The van der Waals surface area contributed by atoms with E-state index in [1.54, 1.807) is 37.4 Å². The summed E-state index contributed by atoms with van der Waals surface area (Å²) in [7, 11) is 0. The van der Waals surface area contributed by atoms with Crippen LogP contribution in [0.3, 0.4) is 0 Å². The van der Waals surface area contributed by atoms with Crippen LogP contribution in [0.4, 0.5) is 4.39 Å². The lowest BCUT2D eigenvalue weighted by molar-refractivity contribution is -0.143. The van der Waals surface area contributed by atoms with Gasteiger partial charge in [-0.3, -0.25) is 14.6 Å². The van der Waals surface area contributed by atoms with E-state index >= 15 is 0 Å². The third-order valence-corrected chi connectivity index (χ3v) is 3.37. The number of halogens is 1. The molecule has 1 amide bonds. The molecule has 0 aliphatic rings. The van der Waals surface area contributed by atoms with Gasteiger partial charge in [-0.25, -0.2) is 4.39 Å².